The third-order valence-electron chi connectivity index (χ3n) is 4.65. The van der Waals surface area contributed by atoms with Crippen LogP contribution in [0.1, 0.15) is 31.7 Å². The van der Waals surface area contributed by atoms with E-state index in [0.717, 1.165) is 10.4 Å². The molecule has 0 radical (unpaired) electrons. The van der Waals surface area contributed by atoms with Gasteiger partial charge in [-0.1, -0.05) is 19.4 Å². The summed E-state index contributed by atoms with van der Waals surface area (Å²) in [6.07, 6.45) is -0.532. The van der Waals surface area contributed by atoms with Crippen molar-refractivity contribution in [2.24, 2.45) is 5.41 Å². The van der Waals surface area contributed by atoms with Crippen molar-refractivity contribution in [1.29, 1.82) is 0 Å². The minimum Gasteiger partial charge on any atom is -0.481 e. The van der Waals surface area contributed by atoms with Crippen LogP contribution in [0.2, 0.25) is 0 Å². The first-order valence-corrected chi connectivity index (χ1v) is 9.27. The van der Waals surface area contributed by atoms with Gasteiger partial charge in [-0.3, -0.25) is 4.79 Å². The smallest absolute Gasteiger partial charge is 0.312 e. The highest BCUT2D eigenvalue weighted by atomic mass is 32.2. The van der Waals surface area contributed by atoms with Crippen LogP contribution in [0, 0.1) is 18.2 Å². The molecule has 0 aromatic heterocycles. The van der Waals surface area contributed by atoms with E-state index in [-0.39, 0.29) is 25.9 Å². The fourth-order valence-electron chi connectivity index (χ4n) is 3.22. The number of aliphatic carboxylic acids is 1. The van der Waals surface area contributed by atoms with Gasteiger partial charge in [0.15, 0.2) is 0 Å². The molecule has 2 rings (SSSR count). The fraction of sp³-hybridized carbons (Fsp3) is 0.562. The van der Waals surface area contributed by atoms with Crippen LogP contribution in [-0.2, 0) is 14.8 Å². The molecule has 2 atom stereocenters. The van der Waals surface area contributed by atoms with Crippen molar-refractivity contribution >= 4 is 16.0 Å². The summed E-state index contributed by atoms with van der Waals surface area (Å²) in [6.45, 7) is 3.03. The molecule has 1 fully saturated rings. The van der Waals surface area contributed by atoms with E-state index in [0.29, 0.717) is 12.0 Å². The lowest BCUT2D eigenvalue weighted by Gasteiger charge is -2.42. The van der Waals surface area contributed by atoms with Gasteiger partial charge in [-0.25, -0.2) is 12.8 Å². The normalized spacial score (nSPS) is 25.6. The molecule has 1 aromatic carbocycles. The maximum Gasteiger partial charge on any atom is 0.312 e. The van der Waals surface area contributed by atoms with Crippen LogP contribution in [0.3, 0.4) is 0 Å². The van der Waals surface area contributed by atoms with Crippen molar-refractivity contribution in [1.82, 2.24) is 4.31 Å². The number of carbonyl (C=O) groups is 1. The molecule has 0 aliphatic carbocycles. The zero-order chi connectivity index (χ0) is 18.1. The van der Waals surface area contributed by atoms with Crippen molar-refractivity contribution in [3.63, 3.8) is 0 Å². The number of carboxylic acids is 1. The Balaban J connectivity index is 2.31. The summed E-state index contributed by atoms with van der Waals surface area (Å²) >= 11 is 0. The van der Waals surface area contributed by atoms with Crippen LogP contribution >= 0.6 is 0 Å². The van der Waals surface area contributed by atoms with Gasteiger partial charge in [-0.15, -0.1) is 0 Å². The molecule has 0 spiro atoms. The number of aliphatic hydroxyl groups is 1. The van der Waals surface area contributed by atoms with Gasteiger partial charge in [0.2, 0.25) is 10.0 Å². The number of β-amino-alcohol motifs (C(OH)–C–C–N with tert-alkyl or cyclic N) is 1. The fourth-order valence-corrected chi connectivity index (χ4v) is 4.71. The molecule has 0 unspecified atom stereocenters. The van der Waals surface area contributed by atoms with Gasteiger partial charge >= 0.3 is 5.97 Å². The number of piperidine rings is 1. The summed E-state index contributed by atoms with van der Waals surface area (Å²) in [7, 11) is -4.13. The Labute approximate surface area is 141 Å². The van der Waals surface area contributed by atoms with Crippen LogP contribution in [0.25, 0.3) is 0 Å². The number of aryl methyl sites for hydroxylation is 1. The van der Waals surface area contributed by atoms with Gasteiger partial charge in [0.25, 0.3) is 0 Å². The minimum absolute atomic E-state index is 0.00987. The lowest BCUT2D eigenvalue weighted by Crippen LogP contribution is -2.55. The van der Waals surface area contributed by atoms with Gasteiger partial charge in [-0.05, 0) is 37.5 Å². The van der Waals surface area contributed by atoms with E-state index in [2.05, 4.69) is 0 Å². The maximum atomic E-state index is 14.0. The number of hydrogen-bond acceptors (Lipinski definition) is 4. The highest BCUT2D eigenvalue weighted by Gasteiger charge is 2.50. The van der Waals surface area contributed by atoms with E-state index >= 15 is 0 Å². The molecule has 134 valence electrons. The molecule has 24 heavy (non-hydrogen) atoms. The number of aliphatic hydroxyl groups excluding tert-OH is 1. The first-order valence-electron chi connectivity index (χ1n) is 7.83. The van der Waals surface area contributed by atoms with Crippen LogP contribution in [0.5, 0.6) is 0 Å². The van der Waals surface area contributed by atoms with Crippen LogP contribution in [0.4, 0.5) is 4.39 Å². The zero-order valence-corrected chi connectivity index (χ0v) is 14.5. The summed E-state index contributed by atoms with van der Waals surface area (Å²) in [5.41, 5.74) is -0.759. The molecule has 2 N–H and O–H groups in total. The van der Waals surface area contributed by atoms with Crippen LogP contribution in [0.15, 0.2) is 23.1 Å². The van der Waals surface area contributed by atoms with Crippen molar-refractivity contribution in [3.8, 4) is 0 Å². The van der Waals surface area contributed by atoms with E-state index in [4.69, 9.17) is 0 Å². The predicted molar refractivity (Wildman–Crippen MR) is 85.5 cm³/mol. The third kappa shape index (κ3) is 3.18. The molecule has 6 nitrogen and oxygen atoms in total. The highest BCUT2D eigenvalue weighted by molar-refractivity contribution is 7.89. The molecular formula is C16H22FNO5S. The van der Waals surface area contributed by atoms with Crippen LogP contribution < -0.4 is 0 Å². The quantitative estimate of drug-likeness (QED) is 0.835. The number of benzene rings is 1. The van der Waals surface area contributed by atoms with E-state index in [9.17, 15) is 27.8 Å². The Morgan fingerprint density at radius 1 is 1.46 bits per heavy atom. The molecule has 1 aliphatic rings. The number of hydrogen-bond donors (Lipinski definition) is 2. The van der Waals surface area contributed by atoms with Gasteiger partial charge < -0.3 is 10.2 Å². The Hall–Kier alpha value is -1.51. The van der Waals surface area contributed by atoms with Crippen molar-refractivity contribution < 1.29 is 27.8 Å². The second-order valence-electron chi connectivity index (χ2n) is 6.27. The molecule has 0 saturated carbocycles. The van der Waals surface area contributed by atoms with E-state index in [1.165, 1.54) is 12.1 Å². The second-order valence-corrected chi connectivity index (χ2v) is 8.18. The maximum absolute atomic E-state index is 14.0. The summed E-state index contributed by atoms with van der Waals surface area (Å²) < 4.78 is 40.3. The Kier molecular flexibility index (Phi) is 5.31. The monoisotopic (exact) mass is 359 g/mol. The topological polar surface area (TPSA) is 94.9 Å². The van der Waals surface area contributed by atoms with Gasteiger partial charge in [0, 0.05) is 13.1 Å². The predicted octanol–water partition coefficient (Wildman–Crippen LogP) is 1.76. The van der Waals surface area contributed by atoms with Crippen molar-refractivity contribution in [2.45, 2.75) is 44.1 Å². The molecule has 8 heteroatoms. The summed E-state index contributed by atoms with van der Waals surface area (Å²) in [5.74, 6) is -1.98. The molecule has 1 aliphatic heterocycles. The highest BCUT2D eigenvalue weighted by Crippen LogP contribution is 2.38. The molecule has 1 aromatic rings. The number of rotatable bonds is 5. The first kappa shape index (κ1) is 18.8. The summed E-state index contributed by atoms with van der Waals surface area (Å²) in [4.78, 5) is 11.1. The van der Waals surface area contributed by atoms with Gasteiger partial charge in [0.1, 0.15) is 10.7 Å². The van der Waals surface area contributed by atoms with E-state index in [1.54, 1.807) is 6.92 Å². The van der Waals surface area contributed by atoms with E-state index in [1.807, 2.05) is 6.92 Å². The molecule has 0 bridgehead atoms. The van der Waals surface area contributed by atoms with Crippen molar-refractivity contribution in [3.05, 3.63) is 29.6 Å². The minimum atomic E-state index is -4.13. The number of halogens is 1. The zero-order valence-electron chi connectivity index (χ0n) is 13.7. The lowest BCUT2D eigenvalue weighted by molar-refractivity contribution is -0.162. The average Bonchev–Trinajstić information content (AvgIpc) is 2.48. The third-order valence-corrected chi connectivity index (χ3v) is 6.55. The molecular weight excluding hydrogens is 337 g/mol. The first-order chi connectivity index (χ1) is 11.1. The average molecular weight is 359 g/mol. The summed E-state index contributed by atoms with van der Waals surface area (Å²) in [5, 5.41) is 19.8. The number of nitrogens with zero attached hydrogens (tertiary/aromatic N) is 1. The lowest BCUT2D eigenvalue weighted by atomic mass is 9.73. The Morgan fingerprint density at radius 2 is 2.12 bits per heavy atom. The SMILES string of the molecule is CCC[C@]1(C(=O)O)CCN(S(=O)(=O)c2ccc(C)cc2F)C[C@@H]1O. The van der Waals surface area contributed by atoms with Crippen molar-refractivity contribution in [2.75, 3.05) is 13.1 Å². The van der Waals surface area contributed by atoms with Crippen LogP contribution in [-0.4, -0.2) is 48.1 Å². The second kappa shape index (κ2) is 6.78. The van der Waals surface area contributed by atoms with Gasteiger partial charge in [0.05, 0.1) is 11.5 Å². The Morgan fingerprint density at radius 3 is 2.62 bits per heavy atom. The standard InChI is InChI=1S/C16H22FNO5S/c1-3-6-16(15(20)21)7-8-18(10-14(16)19)24(22,23)13-5-4-11(2)9-12(13)17/h4-5,9,14,19H,3,6-8,10H2,1-2H3,(H,20,21)/t14-,16-/m0/s1. The largest absolute Gasteiger partial charge is 0.481 e. The van der Waals surface area contributed by atoms with E-state index < -0.39 is 38.2 Å². The number of carboxylic acid groups (broad SMARTS) is 1. The molecule has 1 heterocycles. The summed E-state index contributed by atoms with van der Waals surface area (Å²) in [6, 6.07) is 3.82. The van der Waals surface area contributed by atoms with Gasteiger partial charge in [-0.2, -0.15) is 4.31 Å². The molecule has 1 saturated heterocycles. The Bertz CT molecular complexity index is 736. The number of sulfonamides is 1. The molecule has 0 amide bonds.